The van der Waals surface area contributed by atoms with Gasteiger partial charge in [-0.25, -0.2) is 0 Å². The van der Waals surface area contributed by atoms with Crippen molar-refractivity contribution in [3.05, 3.63) is 84.2 Å². The Labute approximate surface area is 272 Å². The number of rotatable bonds is 9. The van der Waals surface area contributed by atoms with Gasteiger partial charge >= 0.3 is 0 Å². The minimum absolute atomic E-state index is 0.127. The molecule has 13 nitrogen and oxygen atoms in total. The highest BCUT2D eigenvalue weighted by Crippen LogP contribution is 2.31. The van der Waals surface area contributed by atoms with Crippen LogP contribution in [0.2, 0.25) is 0 Å². The highest BCUT2D eigenvalue weighted by Gasteiger charge is 2.22. The molecule has 2 aliphatic rings. The van der Waals surface area contributed by atoms with E-state index in [1.54, 1.807) is 12.3 Å². The molecule has 2 N–H and O–H groups in total. The Morgan fingerprint density at radius 2 is 1.40 bits per heavy atom. The number of carbonyl (C=O) groups is 2. The zero-order valence-corrected chi connectivity index (χ0v) is 26.0. The van der Waals surface area contributed by atoms with Crippen molar-refractivity contribution in [1.29, 1.82) is 0 Å². The molecule has 47 heavy (non-hydrogen) atoms. The normalized spacial score (nSPS) is 15.1. The third-order valence-corrected chi connectivity index (χ3v) is 8.41. The predicted octanol–water partition coefficient (Wildman–Crippen LogP) is 3.15. The van der Waals surface area contributed by atoms with Gasteiger partial charge in [-0.15, -0.1) is 5.10 Å². The Hall–Kier alpha value is -5.43. The number of nitrogens with one attached hydrogen (secondary N) is 2. The van der Waals surface area contributed by atoms with Crippen LogP contribution < -0.4 is 20.4 Å². The number of amides is 2. The third kappa shape index (κ3) is 6.89. The fraction of sp³-hybridized carbons (Fsp3) is 0.324. The summed E-state index contributed by atoms with van der Waals surface area (Å²) >= 11 is 0. The number of hydrogen-bond donors (Lipinski definition) is 2. The van der Waals surface area contributed by atoms with E-state index in [1.165, 1.54) is 11.1 Å². The van der Waals surface area contributed by atoms with E-state index in [2.05, 4.69) is 30.7 Å². The molecule has 2 aromatic heterocycles. The van der Waals surface area contributed by atoms with Crippen molar-refractivity contribution in [3.8, 4) is 17.1 Å². The number of morpholine rings is 1. The zero-order chi connectivity index (χ0) is 32.0. The second-order valence-corrected chi connectivity index (χ2v) is 11.6. The lowest BCUT2D eigenvalue weighted by Gasteiger charge is -2.30. The molecule has 0 bridgehead atoms. The SMILES string of the molecule is O=C(CNC(=O)c1ccccc1-c1cccc2ccccc12)NCc1cn(-c2nc(N3CCCCC3)nc(N3CCOCC3)n2)nn1. The molecule has 2 saturated heterocycles. The maximum absolute atomic E-state index is 13.2. The number of hydrogen-bond acceptors (Lipinski definition) is 10. The Bertz CT molecular complexity index is 1840. The van der Waals surface area contributed by atoms with E-state index in [0.717, 1.165) is 47.8 Å². The first-order chi connectivity index (χ1) is 23.1. The molecule has 5 aromatic rings. The van der Waals surface area contributed by atoms with Crippen LogP contribution in [0.5, 0.6) is 0 Å². The second-order valence-electron chi connectivity index (χ2n) is 11.6. The van der Waals surface area contributed by atoms with Crippen LogP contribution in [0.4, 0.5) is 11.9 Å². The summed E-state index contributed by atoms with van der Waals surface area (Å²) in [6.07, 6.45) is 5.08. The summed E-state index contributed by atoms with van der Waals surface area (Å²) in [5.41, 5.74) is 2.79. The number of benzene rings is 3. The minimum atomic E-state index is -0.349. The molecule has 0 spiro atoms. The van der Waals surface area contributed by atoms with Gasteiger partial charge in [-0.05, 0) is 47.2 Å². The van der Waals surface area contributed by atoms with Crippen LogP contribution in [0.25, 0.3) is 27.8 Å². The standard InChI is InChI=1S/C34H36N10O3/c45-30(22-36-31(46)29-13-5-4-12-28(29)27-14-8-10-24-9-2-3-11-26(24)27)35-21-25-23-44(41-40-25)34-38-32(42-15-6-1-7-16-42)37-33(39-34)43-17-19-47-20-18-43/h2-5,8-14,23H,1,6-7,15-22H2,(H,35,45)(H,36,46). The van der Waals surface area contributed by atoms with Gasteiger partial charge in [-0.1, -0.05) is 65.9 Å². The third-order valence-electron chi connectivity index (χ3n) is 8.41. The van der Waals surface area contributed by atoms with Crippen molar-refractivity contribution in [3.63, 3.8) is 0 Å². The number of aromatic nitrogens is 6. The molecule has 0 atom stereocenters. The molecular formula is C34H36N10O3. The number of nitrogens with zero attached hydrogens (tertiary/aromatic N) is 8. The number of carbonyl (C=O) groups excluding carboxylic acids is 2. The van der Waals surface area contributed by atoms with Gasteiger partial charge in [0.1, 0.15) is 5.69 Å². The molecule has 0 unspecified atom stereocenters. The summed E-state index contributed by atoms with van der Waals surface area (Å²) in [7, 11) is 0. The van der Waals surface area contributed by atoms with Crippen LogP contribution in [0.3, 0.4) is 0 Å². The van der Waals surface area contributed by atoms with Crippen molar-refractivity contribution in [2.24, 2.45) is 0 Å². The van der Waals surface area contributed by atoms with E-state index in [9.17, 15) is 9.59 Å². The van der Waals surface area contributed by atoms with Gasteiger partial charge in [0.15, 0.2) is 0 Å². The summed E-state index contributed by atoms with van der Waals surface area (Å²) in [6.45, 7) is 4.35. The van der Waals surface area contributed by atoms with Gasteiger partial charge in [0.05, 0.1) is 32.5 Å². The van der Waals surface area contributed by atoms with Crippen LogP contribution in [0.15, 0.2) is 72.9 Å². The van der Waals surface area contributed by atoms with Crippen LogP contribution in [0, 0.1) is 0 Å². The summed E-state index contributed by atoms with van der Waals surface area (Å²) in [5, 5.41) is 16.2. The van der Waals surface area contributed by atoms with E-state index in [-0.39, 0.29) is 24.9 Å². The number of anilines is 2. The van der Waals surface area contributed by atoms with Crippen molar-refractivity contribution in [2.75, 3.05) is 55.7 Å². The van der Waals surface area contributed by atoms with Crippen molar-refractivity contribution >= 4 is 34.5 Å². The second kappa shape index (κ2) is 13.9. The fourth-order valence-corrected chi connectivity index (χ4v) is 5.95. The lowest BCUT2D eigenvalue weighted by molar-refractivity contribution is -0.120. The minimum Gasteiger partial charge on any atom is -0.378 e. The average Bonchev–Trinajstić information content (AvgIpc) is 3.62. The molecule has 7 rings (SSSR count). The lowest BCUT2D eigenvalue weighted by Crippen LogP contribution is -2.38. The molecule has 240 valence electrons. The molecule has 4 heterocycles. The monoisotopic (exact) mass is 632 g/mol. The molecule has 2 fully saturated rings. The predicted molar refractivity (Wildman–Crippen MR) is 177 cm³/mol. The summed E-state index contributed by atoms with van der Waals surface area (Å²) in [6, 6.07) is 21.5. The molecule has 13 heteroatoms. The topological polar surface area (TPSA) is 143 Å². The number of piperidine rings is 1. The maximum atomic E-state index is 13.2. The summed E-state index contributed by atoms with van der Waals surface area (Å²) in [5.74, 6) is 0.897. The molecule has 2 aliphatic heterocycles. The summed E-state index contributed by atoms with van der Waals surface area (Å²) in [4.78, 5) is 44.5. The van der Waals surface area contributed by atoms with E-state index in [4.69, 9.17) is 19.7 Å². The van der Waals surface area contributed by atoms with Gasteiger partial charge < -0.3 is 25.2 Å². The Kier molecular flexibility index (Phi) is 8.95. The molecular weight excluding hydrogens is 596 g/mol. The Morgan fingerprint density at radius 3 is 2.23 bits per heavy atom. The van der Waals surface area contributed by atoms with Crippen LogP contribution >= 0.6 is 0 Å². The first kappa shape index (κ1) is 30.2. The van der Waals surface area contributed by atoms with Gasteiger partial charge in [0.2, 0.25) is 17.8 Å². The fourth-order valence-electron chi connectivity index (χ4n) is 5.95. The first-order valence-electron chi connectivity index (χ1n) is 16.0. The number of fused-ring (bicyclic) bond motifs is 1. The smallest absolute Gasteiger partial charge is 0.258 e. The van der Waals surface area contributed by atoms with Crippen molar-refractivity contribution in [2.45, 2.75) is 25.8 Å². The molecule has 2 amide bonds. The van der Waals surface area contributed by atoms with Crippen LogP contribution in [0.1, 0.15) is 35.3 Å². The van der Waals surface area contributed by atoms with E-state index in [1.807, 2.05) is 60.7 Å². The maximum Gasteiger partial charge on any atom is 0.258 e. The van der Waals surface area contributed by atoms with Crippen LogP contribution in [-0.2, 0) is 16.1 Å². The highest BCUT2D eigenvalue weighted by atomic mass is 16.5. The summed E-state index contributed by atoms with van der Waals surface area (Å²) < 4.78 is 7.02. The Morgan fingerprint density at radius 1 is 0.723 bits per heavy atom. The zero-order valence-electron chi connectivity index (χ0n) is 26.0. The first-order valence-corrected chi connectivity index (χ1v) is 16.0. The van der Waals surface area contributed by atoms with Crippen molar-refractivity contribution in [1.82, 2.24) is 40.6 Å². The molecule has 0 radical (unpaired) electrons. The number of ether oxygens (including phenoxy) is 1. The highest BCUT2D eigenvalue weighted by molar-refractivity contribution is 6.06. The average molecular weight is 633 g/mol. The van der Waals surface area contributed by atoms with Gasteiger partial charge in [0, 0.05) is 31.7 Å². The molecule has 3 aromatic carbocycles. The molecule has 0 saturated carbocycles. The quantitative estimate of drug-likeness (QED) is 0.249. The van der Waals surface area contributed by atoms with Gasteiger partial charge in [0.25, 0.3) is 11.9 Å². The van der Waals surface area contributed by atoms with Gasteiger partial charge in [-0.2, -0.15) is 19.6 Å². The van der Waals surface area contributed by atoms with E-state index >= 15 is 0 Å². The van der Waals surface area contributed by atoms with Crippen molar-refractivity contribution < 1.29 is 14.3 Å². The largest absolute Gasteiger partial charge is 0.378 e. The van der Waals surface area contributed by atoms with Gasteiger partial charge in [-0.3, -0.25) is 9.59 Å². The van der Waals surface area contributed by atoms with E-state index < -0.39 is 0 Å². The Balaban J connectivity index is 1.00. The van der Waals surface area contributed by atoms with E-state index in [0.29, 0.717) is 55.4 Å². The lowest BCUT2D eigenvalue weighted by atomic mass is 9.94. The van der Waals surface area contributed by atoms with Crippen LogP contribution in [-0.4, -0.2) is 87.7 Å². The molecule has 0 aliphatic carbocycles.